The lowest BCUT2D eigenvalue weighted by Crippen LogP contribution is -2.24. The van der Waals surface area contributed by atoms with E-state index in [1.165, 1.54) is 43.4 Å². The van der Waals surface area contributed by atoms with E-state index in [0.717, 1.165) is 19.0 Å². The lowest BCUT2D eigenvalue weighted by atomic mass is 10.1. The van der Waals surface area contributed by atoms with Gasteiger partial charge in [0.05, 0.1) is 0 Å². The summed E-state index contributed by atoms with van der Waals surface area (Å²) in [7, 11) is 2.26. The van der Waals surface area contributed by atoms with Crippen LogP contribution in [0.5, 0.6) is 0 Å². The van der Waals surface area contributed by atoms with Crippen LogP contribution in [0, 0.1) is 5.92 Å². The molecule has 1 fully saturated rings. The van der Waals surface area contributed by atoms with Crippen LogP contribution < -0.4 is 5.32 Å². The quantitative estimate of drug-likeness (QED) is 0.813. The SMILES string of the molecule is CC(C)NCc1ccc(CN(C)CC2CCCC2)cc1. The highest BCUT2D eigenvalue weighted by atomic mass is 15.1. The Kier molecular flexibility index (Phi) is 6.06. The zero-order valence-electron chi connectivity index (χ0n) is 13.4. The van der Waals surface area contributed by atoms with Gasteiger partial charge in [0.25, 0.3) is 0 Å². The predicted molar refractivity (Wildman–Crippen MR) is 86.7 cm³/mol. The van der Waals surface area contributed by atoms with E-state index in [1.54, 1.807) is 0 Å². The topological polar surface area (TPSA) is 15.3 Å². The summed E-state index contributed by atoms with van der Waals surface area (Å²) in [5.41, 5.74) is 2.81. The number of nitrogens with one attached hydrogen (secondary N) is 1. The van der Waals surface area contributed by atoms with Crippen LogP contribution in [-0.4, -0.2) is 24.5 Å². The molecule has 0 atom stereocenters. The molecule has 1 aliphatic carbocycles. The van der Waals surface area contributed by atoms with Gasteiger partial charge in [0.15, 0.2) is 0 Å². The van der Waals surface area contributed by atoms with Crippen molar-refractivity contribution in [2.75, 3.05) is 13.6 Å². The molecule has 112 valence electrons. The summed E-state index contributed by atoms with van der Waals surface area (Å²) in [5.74, 6) is 0.939. The minimum absolute atomic E-state index is 0.548. The van der Waals surface area contributed by atoms with Crippen LogP contribution in [0.2, 0.25) is 0 Å². The summed E-state index contributed by atoms with van der Waals surface area (Å²) in [6, 6.07) is 9.62. The lowest BCUT2D eigenvalue weighted by molar-refractivity contribution is 0.271. The molecular weight excluding hydrogens is 244 g/mol. The second-order valence-corrected chi connectivity index (χ2v) is 6.70. The van der Waals surface area contributed by atoms with Crippen molar-refractivity contribution >= 4 is 0 Å². The first-order valence-corrected chi connectivity index (χ1v) is 8.13. The molecule has 0 amide bonds. The van der Waals surface area contributed by atoms with Gasteiger partial charge in [-0.3, -0.25) is 0 Å². The Bertz CT molecular complexity index is 377. The van der Waals surface area contributed by atoms with Crippen molar-refractivity contribution in [1.82, 2.24) is 10.2 Å². The van der Waals surface area contributed by atoms with E-state index in [2.05, 4.69) is 55.4 Å². The van der Waals surface area contributed by atoms with Crippen molar-refractivity contribution in [2.45, 2.75) is 58.7 Å². The van der Waals surface area contributed by atoms with E-state index in [-0.39, 0.29) is 0 Å². The van der Waals surface area contributed by atoms with Crippen molar-refractivity contribution in [3.8, 4) is 0 Å². The molecule has 2 rings (SSSR count). The molecule has 1 aromatic carbocycles. The van der Waals surface area contributed by atoms with E-state index in [1.807, 2.05) is 0 Å². The molecule has 0 aromatic heterocycles. The normalized spacial score (nSPS) is 16.4. The van der Waals surface area contributed by atoms with Crippen molar-refractivity contribution in [3.63, 3.8) is 0 Å². The van der Waals surface area contributed by atoms with Crippen LogP contribution in [0.1, 0.15) is 50.7 Å². The third-order valence-electron chi connectivity index (χ3n) is 4.23. The fourth-order valence-electron chi connectivity index (χ4n) is 3.09. The maximum Gasteiger partial charge on any atom is 0.0230 e. The average molecular weight is 274 g/mol. The van der Waals surface area contributed by atoms with E-state index in [0.29, 0.717) is 6.04 Å². The van der Waals surface area contributed by atoms with E-state index in [9.17, 15) is 0 Å². The van der Waals surface area contributed by atoms with Gasteiger partial charge in [-0.05, 0) is 36.9 Å². The summed E-state index contributed by atoms with van der Waals surface area (Å²) in [5, 5.41) is 3.46. The van der Waals surface area contributed by atoms with Gasteiger partial charge < -0.3 is 10.2 Å². The zero-order chi connectivity index (χ0) is 14.4. The average Bonchev–Trinajstić information content (AvgIpc) is 2.90. The van der Waals surface area contributed by atoms with Gasteiger partial charge in [0.2, 0.25) is 0 Å². The number of nitrogens with zero attached hydrogens (tertiary/aromatic N) is 1. The monoisotopic (exact) mass is 274 g/mol. The Hall–Kier alpha value is -0.860. The minimum atomic E-state index is 0.548. The number of rotatable bonds is 7. The molecule has 20 heavy (non-hydrogen) atoms. The van der Waals surface area contributed by atoms with Crippen LogP contribution in [0.4, 0.5) is 0 Å². The van der Waals surface area contributed by atoms with Gasteiger partial charge in [-0.2, -0.15) is 0 Å². The second kappa shape index (κ2) is 7.80. The summed E-state index contributed by atoms with van der Waals surface area (Å²) in [6.45, 7) is 7.68. The highest BCUT2D eigenvalue weighted by Gasteiger charge is 2.16. The van der Waals surface area contributed by atoms with E-state index in [4.69, 9.17) is 0 Å². The van der Waals surface area contributed by atoms with E-state index < -0.39 is 0 Å². The van der Waals surface area contributed by atoms with Gasteiger partial charge in [-0.1, -0.05) is 51.0 Å². The highest BCUT2D eigenvalue weighted by Crippen LogP contribution is 2.25. The molecule has 0 bridgehead atoms. The summed E-state index contributed by atoms with van der Waals surface area (Å²) >= 11 is 0. The first-order chi connectivity index (χ1) is 9.63. The highest BCUT2D eigenvalue weighted by molar-refractivity contribution is 5.22. The molecule has 0 heterocycles. The first-order valence-electron chi connectivity index (χ1n) is 8.13. The van der Waals surface area contributed by atoms with Gasteiger partial charge in [0, 0.05) is 25.7 Å². The molecule has 1 N–H and O–H groups in total. The molecule has 0 radical (unpaired) electrons. The van der Waals surface area contributed by atoms with Crippen molar-refractivity contribution in [2.24, 2.45) is 5.92 Å². The Morgan fingerprint density at radius 1 is 1.10 bits per heavy atom. The number of hydrogen-bond acceptors (Lipinski definition) is 2. The van der Waals surface area contributed by atoms with Crippen molar-refractivity contribution in [1.29, 1.82) is 0 Å². The summed E-state index contributed by atoms with van der Waals surface area (Å²) in [4.78, 5) is 2.48. The van der Waals surface area contributed by atoms with Gasteiger partial charge in [-0.25, -0.2) is 0 Å². The Morgan fingerprint density at radius 2 is 1.70 bits per heavy atom. The Morgan fingerprint density at radius 3 is 2.30 bits per heavy atom. The third kappa shape index (κ3) is 5.26. The van der Waals surface area contributed by atoms with Crippen LogP contribution in [0.15, 0.2) is 24.3 Å². The first kappa shape index (κ1) is 15.5. The molecule has 1 aliphatic rings. The van der Waals surface area contributed by atoms with Crippen LogP contribution >= 0.6 is 0 Å². The predicted octanol–water partition coefficient (Wildman–Crippen LogP) is 3.81. The fourth-order valence-corrected chi connectivity index (χ4v) is 3.09. The Labute approximate surface area is 124 Å². The van der Waals surface area contributed by atoms with Crippen molar-refractivity contribution in [3.05, 3.63) is 35.4 Å². The molecule has 1 aromatic rings. The number of hydrogen-bond donors (Lipinski definition) is 1. The maximum atomic E-state index is 3.46. The maximum absolute atomic E-state index is 3.46. The van der Waals surface area contributed by atoms with Crippen LogP contribution in [0.25, 0.3) is 0 Å². The Balaban J connectivity index is 1.77. The third-order valence-corrected chi connectivity index (χ3v) is 4.23. The van der Waals surface area contributed by atoms with Crippen LogP contribution in [0.3, 0.4) is 0 Å². The van der Waals surface area contributed by atoms with Crippen LogP contribution in [-0.2, 0) is 13.1 Å². The van der Waals surface area contributed by atoms with E-state index >= 15 is 0 Å². The summed E-state index contributed by atoms with van der Waals surface area (Å²) in [6.07, 6.45) is 5.75. The molecule has 0 unspecified atom stereocenters. The lowest BCUT2D eigenvalue weighted by Gasteiger charge is -2.21. The molecule has 2 nitrogen and oxygen atoms in total. The molecular formula is C18H30N2. The summed E-state index contributed by atoms with van der Waals surface area (Å²) < 4.78 is 0. The smallest absolute Gasteiger partial charge is 0.0230 e. The van der Waals surface area contributed by atoms with Gasteiger partial charge >= 0.3 is 0 Å². The largest absolute Gasteiger partial charge is 0.310 e. The zero-order valence-corrected chi connectivity index (χ0v) is 13.4. The molecule has 0 saturated heterocycles. The van der Waals surface area contributed by atoms with Crippen molar-refractivity contribution < 1.29 is 0 Å². The second-order valence-electron chi connectivity index (χ2n) is 6.70. The molecule has 1 saturated carbocycles. The minimum Gasteiger partial charge on any atom is -0.310 e. The fraction of sp³-hybridized carbons (Fsp3) is 0.667. The van der Waals surface area contributed by atoms with Gasteiger partial charge in [0.1, 0.15) is 0 Å². The van der Waals surface area contributed by atoms with Gasteiger partial charge in [-0.15, -0.1) is 0 Å². The molecule has 0 aliphatic heterocycles. The number of benzene rings is 1. The standard InChI is InChI=1S/C18H30N2/c1-15(2)19-12-16-8-10-18(11-9-16)14-20(3)13-17-6-4-5-7-17/h8-11,15,17,19H,4-7,12-14H2,1-3H3. The molecule has 0 spiro atoms. The molecule has 2 heteroatoms.